The summed E-state index contributed by atoms with van der Waals surface area (Å²) in [6.07, 6.45) is 0. The van der Waals surface area contributed by atoms with Gasteiger partial charge in [0.15, 0.2) is 11.6 Å². The van der Waals surface area contributed by atoms with Gasteiger partial charge in [-0.05, 0) is 35.0 Å². The van der Waals surface area contributed by atoms with Crippen LogP contribution in [0, 0.1) is 5.82 Å². The average molecular weight is 277 g/mol. The molecule has 0 aromatic heterocycles. The molecule has 0 aliphatic heterocycles. The molecule has 0 unspecified atom stereocenters. The van der Waals surface area contributed by atoms with Gasteiger partial charge < -0.3 is 9.47 Å². The number of esters is 1. The Balaban J connectivity index is 3.24. The molecule has 5 heteroatoms. The van der Waals surface area contributed by atoms with E-state index in [1.54, 1.807) is 6.92 Å². The topological polar surface area (TPSA) is 35.5 Å². The minimum atomic E-state index is -0.610. The van der Waals surface area contributed by atoms with Crippen molar-refractivity contribution in [3.8, 4) is 5.75 Å². The molecule has 1 aromatic rings. The Morgan fingerprint density at radius 1 is 1.53 bits per heavy atom. The van der Waals surface area contributed by atoms with Gasteiger partial charge in [-0.25, -0.2) is 9.18 Å². The fourth-order valence-electron chi connectivity index (χ4n) is 1.13. The molecular formula is C10H10BrFO3. The van der Waals surface area contributed by atoms with Crippen molar-refractivity contribution >= 4 is 21.9 Å². The highest BCUT2D eigenvalue weighted by molar-refractivity contribution is 9.10. The molecule has 0 saturated heterocycles. The van der Waals surface area contributed by atoms with E-state index in [2.05, 4.69) is 15.9 Å². The van der Waals surface area contributed by atoms with Crippen LogP contribution in [0.25, 0.3) is 0 Å². The van der Waals surface area contributed by atoms with Gasteiger partial charge >= 0.3 is 5.97 Å². The van der Waals surface area contributed by atoms with E-state index in [-0.39, 0.29) is 17.9 Å². The number of rotatable bonds is 3. The molecule has 0 heterocycles. The quantitative estimate of drug-likeness (QED) is 0.797. The first-order valence-electron chi connectivity index (χ1n) is 4.31. The maximum atomic E-state index is 13.3. The standard InChI is InChI=1S/C10H10BrFO3/c1-3-15-10(13)8-6(11)4-5-7(12)9(8)14-2/h4-5H,3H2,1-2H3. The summed E-state index contributed by atoms with van der Waals surface area (Å²) in [5.41, 5.74) is 0.0688. The summed E-state index contributed by atoms with van der Waals surface area (Å²) in [4.78, 5) is 11.5. The highest BCUT2D eigenvalue weighted by Gasteiger charge is 2.20. The Hall–Kier alpha value is -1.10. The number of carbonyl (C=O) groups excluding carboxylic acids is 1. The monoisotopic (exact) mass is 276 g/mol. The smallest absolute Gasteiger partial charge is 0.343 e. The predicted molar refractivity (Wildman–Crippen MR) is 56.6 cm³/mol. The van der Waals surface area contributed by atoms with E-state index in [0.717, 1.165) is 0 Å². The van der Waals surface area contributed by atoms with Crippen molar-refractivity contribution in [2.24, 2.45) is 0 Å². The Kier molecular flexibility index (Phi) is 4.08. The molecule has 15 heavy (non-hydrogen) atoms. The molecule has 3 nitrogen and oxygen atoms in total. The van der Waals surface area contributed by atoms with Gasteiger partial charge in [-0.15, -0.1) is 0 Å². The molecule has 0 radical (unpaired) electrons. The maximum Gasteiger partial charge on any atom is 0.343 e. The molecule has 0 saturated carbocycles. The second kappa shape index (κ2) is 5.11. The molecular weight excluding hydrogens is 267 g/mol. The highest BCUT2D eigenvalue weighted by Crippen LogP contribution is 2.30. The van der Waals surface area contributed by atoms with E-state index in [9.17, 15) is 9.18 Å². The predicted octanol–water partition coefficient (Wildman–Crippen LogP) is 2.77. The average Bonchev–Trinajstić information content (AvgIpc) is 2.21. The van der Waals surface area contributed by atoms with E-state index < -0.39 is 11.8 Å². The van der Waals surface area contributed by atoms with Crippen LogP contribution in [0.15, 0.2) is 16.6 Å². The third-order valence-electron chi connectivity index (χ3n) is 1.74. The molecule has 0 atom stereocenters. The first kappa shape index (κ1) is 12.0. The number of methoxy groups -OCH3 is 1. The fraction of sp³-hybridized carbons (Fsp3) is 0.300. The van der Waals surface area contributed by atoms with Gasteiger partial charge in [-0.2, -0.15) is 0 Å². The zero-order chi connectivity index (χ0) is 11.4. The van der Waals surface area contributed by atoms with Crippen molar-refractivity contribution in [3.05, 3.63) is 28.0 Å². The molecule has 0 aliphatic carbocycles. The molecule has 0 N–H and O–H groups in total. The van der Waals surface area contributed by atoms with Crippen molar-refractivity contribution in [3.63, 3.8) is 0 Å². The van der Waals surface area contributed by atoms with Gasteiger partial charge in [0.1, 0.15) is 5.56 Å². The van der Waals surface area contributed by atoms with E-state index in [0.29, 0.717) is 4.47 Å². The molecule has 0 bridgehead atoms. The Morgan fingerprint density at radius 2 is 2.20 bits per heavy atom. The summed E-state index contributed by atoms with van der Waals surface area (Å²) in [6.45, 7) is 1.91. The van der Waals surface area contributed by atoms with Gasteiger partial charge in [-0.3, -0.25) is 0 Å². The SMILES string of the molecule is CCOC(=O)c1c(Br)ccc(F)c1OC. The lowest BCUT2D eigenvalue weighted by atomic mass is 10.2. The van der Waals surface area contributed by atoms with Gasteiger partial charge in [0.25, 0.3) is 0 Å². The number of hydrogen-bond acceptors (Lipinski definition) is 3. The second-order valence-electron chi connectivity index (χ2n) is 2.66. The summed E-state index contributed by atoms with van der Waals surface area (Å²) in [5.74, 6) is -1.31. The van der Waals surface area contributed by atoms with Crippen LogP contribution in [0.1, 0.15) is 17.3 Å². The fourth-order valence-corrected chi connectivity index (χ4v) is 1.60. The zero-order valence-electron chi connectivity index (χ0n) is 8.34. The number of carbonyl (C=O) groups is 1. The summed E-state index contributed by atoms with van der Waals surface area (Å²) < 4.78 is 23.3. The Bertz CT molecular complexity index is 379. The minimum Gasteiger partial charge on any atom is -0.493 e. The van der Waals surface area contributed by atoms with Crippen LogP contribution in [-0.2, 0) is 4.74 Å². The molecule has 82 valence electrons. The normalized spacial score (nSPS) is 9.87. The van der Waals surface area contributed by atoms with Crippen LogP contribution in [0.2, 0.25) is 0 Å². The largest absolute Gasteiger partial charge is 0.493 e. The molecule has 0 aliphatic rings. The Morgan fingerprint density at radius 3 is 2.73 bits per heavy atom. The van der Waals surface area contributed by atoms with Crippen LogP contribution in [0.5, 0.6) is 5.75 Å². The molecule has 1 rings (SSSR count). The van der Waals surface area contributed by atoms with E-state index in [1.165, 1.54) is 19.2 Å². The van der Waals surface area contributed by atoms with Crippen LogP contribution in [-0.4, -0.2) is 19.7 Å². The second-order valence-corrected chi connectivity index (χ2v) is 3.51. The first-order chi connectivity index (χ1) is 7.11. The van der Waals surface area contributed by atoms with Crippen molar-refractivity contribution in [1.29, 1.82) is 0 Å². The third-order valence-corrected chi connectivity index (χ3v) is 2.40. The Labute approximate surface area is 95.3 Å². The number of halogens is 2. The molecule has 0 fully saturated rings. The van der Waals surface area contributed by atoms with Gasteiger partial charge in [0.2, 0.25) is 0 Å². The van der Waals surface area contributed by atoms with Gasteiger partial charge in [0.05, 0.1) is 13.7 Å². The maximum absolute atomic E-state index is 13.3. The molecule has 0 amide bonds. The van der Waals surface area contributed by atoms with E-state index >= 15 is 0 Å². The van der Waals surface area contributed by atoms with Gasteiger partial charge in [0, 0.05) is 4.47 Å². The summed E-state index contributed by atoms with van der Waals surface area (Å²) in [7, 11) is 1.30. The van der Waals surface area contributed by atoms with Gasteiger partial charge in [-0.1, -0.05) is 0 Å². The number of hydrogen-bond donors (Lipinski definition) is 0. The van der Waals surface area contributed by atoms with Crippen LogP contribution >= 0.6 is 15.9 Å². The summed E-state index contributed by atoms with van der Waals surface area (Å²) >= 11 is 3.15. The lowest BCUT2D eigenvalue weighted by Crippen LogP contribution is -2.08. The highest BCUT2D eigenvalue weighted by atomic mass is 79.9. The lowest BCUT2D eigenvalue weighted by Gasteiger charge is -2.10. The third kappa shape index (κ3) is 2.47. The lowest BCUT2D eigenvalue weighted by molar-refractivity contribution is 0.0520. The van der Waals surface area contributed by atoms with Crippen molar-refractivity contribution in [1.82, 2.24) is 0 Å². The zero-order valence-corrected chi connectivity index (χ0v) is 9.93. The molecule has 1 aromatic carbocycles. The van der Waals surface area contributed by atoms with Crippen LogP contribution in [0.4, 0.5) is 4.39 Å². The summed E-state index contributed by atoms with van der Waals surface area (Å²) in [6, 6.07) is 2.65. The molecule has 0 spiro atoms. The van der Waals surface area contributed by atoms with Crippen molar-refractivity contribution < 1.29 is 18.7 Å². The van der Waals surface area contributed by atoms with E-state index in [1.807, 2.05) is 0 Å². The minimum absolute atomic E-state index is 0.0688. The van der Waals surface area contributed by atoms with Crippen molar-refractivity contribution in [2.45, 2.75) is 6.92 Å². The van der Waals surface area contributed by atoms with E-state index in [4.69, 9.17) is 9.47 Å². The first-order valence-corrected chi connectivity index (χ1v) is 5.10. The summed E-state index contributed by atoms with van der Waals surface area (Å²) in [5, 5.41) is 0. The number of ether oxygens (including phenoxy) is 2. The van der Waals surface area contributed by atoms with Crippen LogP contribution in [0.3, 0.4) is 0 Å². The number of benzene rings is 1. The van der Waals surface area contributed by atoms with Crippen molar-refractivity contribution in [2.75, 3.05) is 13.7 Å². The van der Waals surface area contributed by atoms with Crippen LogP contribution < -0.4 is 4.74 Å².